The minimum absolute atomic E-state index is 0.0147. The quantitative estimate of drug-likeness (QED) is 0.721. The summed E-state index contributed by atoms with van der Waals surface area (Å²) in [7, 11) is 1.86. The molecule has 0 bridgehead atoms. The third kappa shape index (κ3) is 1.71. The third-order valence-electron chi connectivity index (χ3n) is 3.57. The van der Waals surface area contributed by atoms with Gasteiger partial charge in [0.05, 0.1) is 12.6 Å². The molecule has 2 unspecified atom stereocenters. The smallest absolute Gasteiger partial charge is 0.330 e. The molecular formula is C11H15N3O4. The van der Waals surface area contributed by atoms with E-state index in [4.69, 9.17) is 9.57 Å². The maximum atomic E-state index is 11.8. The molecule has 0 aliphatic carbocycles. The minimum Gasteiger partial charge on any atom is -0.350 e. The van der Waals surface area contributed by atoms with Crippen molar-refractivity contribution in [1.82, 2.24) is 14.6 Å². The summed E-state index contributed by atoms with van der Waals surface area (Å²) in [5.74, 6) is 0. The van der Waals surface area contributed by atoms with E-state index in [1.54, 1.807) is 18.2 Å². The fraction of sp³-hybridized carbons (Fsp3) is 0.636. The maximum Gasteiger partial charge on any atom is 0.330 e. The number of hydroxylamine groups is 2. The van der Waals surface area contributed by atoms with E-state index in [0.717, 1.165) is 0 Å². The van der Waals surface area contributed by atoms with Gasteiger partial charge in [0.1, 0.15) is 12.3 Å². The van der Waals surface area contributed by atoms with Gasteiger partial charge < -0.3 is 4.74 Å². The van der Waals surface area contributed by atoms with Gasteiger partial charge in [-0.15, -0.1) is 0 Å². The molecule has 2 fully saturated rings. The highest BCUT2D eigenvalue weighted by Gasteiger charge is 2.44. The lowest BCUT2D eigenvalue weighted by molar-refractivity contribution is -0.122. The van der Waals surface area contributed by atoms with Crippen molar-refractivity contribution in [3.05, 3.63) is 32.6 Å². The predicted octanol–water partition coefficient (Wildman–Crippen LogP) is -0.622. The summed E-state index contributed by atoms with van der Waals surface area (Å²) >= 11 is 0. The number of hydrogen-bond acceptors (Lipinski definition) is 5. The zero-order chi connectivity index (χ0) is 12.9. The number of aromatic nitrogens is 2. The molecule has 18 heavy (non-hydrogen) atoms. The summed E-state index contributed by atoms with van der Waals surface area (Å²) in [6, 6.07) is 0.161. The Kier molecular flexibility index (Phi) is 2.61. The molecule has 98 valence electrons. The zero-order valence-corrected chi connectivity index (χ0v) is 10.3. The Morgan fingerprint density at radius 1 is 1.44 bits per heavy atom. The molecule has 7 nitrogen and oxygen atoms in total. The highest BCUT2D eigenvalue weighted by atomic mass is 16.7. The van der Waals surface area contributed by atoms with Crippen LogP contribution in [0.5, 0.6) is 0 Å². The Hall–Kier alpha value is -1.44. The highest BCUT2D eigenvalue weighted by Crippen LogP contribution is 2.34. The topological polar surface area (TPSA) is 76.6 Å². The Labute approximate surface area is 103 Å². The van der Waals surface area contributed by atoms with Crippen molar-refractivity contribution in [1.29, 1.82) is 0 Å². The molecule has 3 atom stereocenters. The van der Waals surface area contributed by atoms with Crippen molar-refractivity contribution >= 4 is 0 Å². The van der Waals surface area contributed by atoms with E-state index in [-0.39, 0.29) is 23.9 Å². The van der Waals surface area contributed by atoms with Gasteiger partial charge in [0.15, 0.2) is 0 Å². The van der Waals surface area contributed by atoms with Crippen LogP contribution in [-0.4, -0.2) is 40.4 Å². The average Bonchev–Trinajstić information content (AvgIpc) is 2.87. The first-order chi connectivity index (χ1) is 8.56. The summed E-state index contributed by atoms with van der Waals surface area (Å²) < 4.78 is 7.24. The van der Waals surface area contributed by atoms with Gasteiger partial charge >= 0.3 is 5.69 Å². The normalized spacial score (nSPS) is 31.8. The Morgan fingerprint density at radius 2 is 2.22 bits per heavy atom. The molecule has 0 radical (unpaired) electrons. The van der Waals surface area contributed by atoms with Crippen molar-refractivity contribution < 1.29 is 9.57 Å². The fourth-order valence-electron chi connectivity index (χ4n) is 2.51. The van der Waals surface area contributed by atoms with Crippen molar-refractivity contribution in [3.63, 3.8) is 0 Å². The fourth-order valence-corrected chi connectivity index (χ4v) is 2.51. The average molecular weight is 253 g/mol. The lowest BCUT2D eigenvalue weighted by Gasteiger charge is -2.17. The first kappa shape index (κ1) is 11.6. The Morgan fingerprint density at radius 3 is 2.94 bits per heavy atom. The second-order valence-corrected chi connectivity index (χ2v) is 4.75. The molecule has 1 N–H and O–H groups in total. The first-order valence-electron chi connectivity index (χ1n) is 5.89. The van der Waals surface area contributed by atoms with Crippen LogP contribution in [-0.2, 0) is 9.57 Å². The van der Waals surface area contributed by atoms with Crippen molar-refractivity contribution in [2.24, 2.45) is 0 Å². The van der Waals surface area contributed by atoms with Gasteiger partial charge in [-0.2, -0.15) is 5.06 Å². The molecule has 2 aliphatic heterocycles. The van der Waals surface area contributed by atoms with Crippen LogP contribution in [0, 0.1) is 6.92 Å². The predicted molar refractivity (Wildman–Crippen MR) is 62.1 cm³/mol. The standard InChI is InChI=1S/C11H15N3O4/c1-6-4-14(11(16)12-10(6)15)9-3-7-8(18-9)5-17-13(7)2/h4,7-9H,3,5H2,1-2H3,(H,12,15,16)/t7?,8?,9-/m1/s1. The summed E-state index contributed by atoms with van der Waals surface area (Å²) in [5.41, 5.74) is -0.283. The van der Waals surface area contributed by atoms with E-state index in [2.05, 4.69) is 4.98 Å². The third-order valence-corrected chi connectivity index (χ3v) is 3.57. The van der Waals surface area contributed by atoms with Crippen LogP contribution in [0.1, 0.15) is 18.2 Å². The number of fused-ring (bicyclic) bond motifs is 1. The van der Waals surface area contributed by atoms with E-state index >= 15 is 0 Å². The van der Waals surface area contributed by atoms with Crippen LogP contribution in [0.2, 0.25) is 0 Å². The van der Waals surface area contributed by atoms with E-state index in [9.17, 15) is 9.59 Å². The van der Waals surface area contributed by atoms with E-state index in [1.807, 2.05) is 7.05 Å². The van der Waals surface area contributed by atoms with Crippen LogP contribution in [0.25, 0.3) is 0 Å². The summed E-state index contributed by atoms with van der Waals surface area (Å²) in [5, 5.41) is 1.77. The van der Waals surface area contributed by atoms with Gasteiger partial charge in [-0.05, 0) is 6.92 Å². The number of rotatable bonds is 1. The summed E-state index contributed by atoms with van der Waals surface area (Å²) in [6.07, 6.45) is 1.87. The molecule has 2 saturated heterocycles. The van der Waals surface area contributed by atoms with Gasteiger partial charge in [-0.1, -0.05) is 0 Å². The lowest BCUT2D eigenvalue weighted by Crippen LogP contribution is -2.34. The number of likely N-dealkylation sites (N-methyl/N-ethyl adjacent to an activating group) is 1. The number of nitrogens with zero attached hydrogens (tertiary/aromatic N) is 2. The van der Waals surface area contributed by atoms with E-state index in [1.165, 1.54) is 4.57 Å². The molecule has 1 aromatic rings. The maximum absolute atomic E-state index is 11.8. The summed E-state index contributed by atoms with van der Waals surface area (Å²) in [4.78, 5) is 30.7. The molecule has 0 saturated carbocycles. The number of nitrogens with one attached hydrogen (secondary N) is 1. The molecule has 0 amide bonds. The van der Waals surface area contributed by atoms with Crippen LogP contribution < -0.4 is 11.2 Å². The number of H-pyrrole nitrogens is 1. The van der Waals surface area contributed by atoms with Gasteiger partial charge in [0.2, 0.25) is 0 Å². The summed E-state index contributed by atoms with van der Waals surface area (Å²) in [6.45, 7) is 2.18. The molecule has 0 aromatic carbocycles. The Bertz CT molecular complexity index is 578. The molecule has 2 aliphatic rings. The van der Waals surface area contributed by atoms with Crippen molar-refractivity contribution in [3.8, 4) is 0 Å². The number of ether oxygens (including phenoxy) is 1. The van der Waals surface area contributed by atoms with Crippen LogP contribution >= 0.6 is 0 Å². The minimum atomic E-state index is -0.431. The van der Waals surface area contributed by atoms with Crippen LogP contribution in [0.4, 0.5) is 0 Å². The van der Waals surface area contributed by atoms with Gasteiger partial charge in [0.25, 0.3) is 5.56 Å². The number of hydrogen-bond donors (Lipinski definition) is 1. The van der Waals surface area contributed by atoms with Gasteiger partial charge in [-0.25, -0.2) is 4.79 Å². The van der Waals surface area contributed by atoms with Gasteiger partial charge in [0, 0.05) is 25.2 Å². The van der Waals surface area contributed by atoms with Crippen molar-refractivity contribution in [2.75, 3.05) is 13.7 Å². The molecule has 7 heteroatoms. The molecular weight excluding hydrogens is 238 g/mol. The monoisotopic (exact) mass is 253 g/mol. The first-order valence-corrected chi connectivity index (χ1v) is 5.89. The van der Waals surface area contributed by atoms with Crippen LogP contribution in [0.15, 0.2) is 15.8 Å². The second-order valence-electron chi connectivity index (χ2n) is 4.75. The van der Waals surface area contributed by atoms with Crippen molar-refractivity contribution in [2.45, 2.75) is 31.7 Å². The van der Waals surface area contributed by atoms with Crippen LogP contribution in [0.3, 0.4) is 0 Å². The second kappa shape index (κ2) is 4.04. The molecule has 3 heterocycles. The highest BCUT2D eigenvalue weighted by molar-refractivity contribution is 5.02. The number of aromatic amines is 1. The van der Waals surface area contributed by atoms with Gasteiger partial charge in [-0.3, -0.25) is 19.2 Å². The lowest BCUT2D eigenvalue weighted by atomic mass is 10.1. The van der Waals surface area contributed by atoms with E-state index in [0.29, 0.717) is 18.6 Å². The zero-order valence-electron chi connectivity index (χ0n) is 10.3. The largest absolute Gasteiger partial charge is 0.350 e. The Balaban J connectivity index is 1.92. The van der Waals surface area contributed by atoms with E-state index < -0.39 is 5.69 Å². The molecule has 0 spiro atoms. The number of aryl methyl sites for hydroxylation is 1. The SMILES string of the molecule is Cc1cn([C@H]2CC3C(CON3C)O2)c(=O)[nH]c1=O. The molecule has 3 rings (SSSR count). The molecule has 1 aromatic heterocycles.